The summed E-state index contributed by atoms with van der Waals surface area (Å²) in [4.78, 5) is 2.46. The summed E-state index contributed by atoms with van der Waals surface area (Å²) in [6.07, 6.45) is 1.16. The Hall–Kier alpha value is -0.900. The number of likely N-dealkylation sites (N-methyl/N-ethyl adjacent to an activating group) is 1. The van der Waals surface area contributed by atoms with Gasteiger partial charge in [0.1, 0.15) is 0 Å². The molecule has 3 heteroatoms. The number of ether oxygens (including phenoxy) is 1. The Labute approximate surface area is 130 Å². The van der Waals surface area contributed by atoms with Crippen LogP contribution in [-0.2, 0) is 4.74 Å². The summed E-state index contributed by atoms with van der Waals surface area (Å²) in [5.74, 6) is 0. The summed E-state index contributed by atoms with van der Waals surface area (Å²) in [7, 11) is 0. The largest absolute Gasteiger partial charge is 0.380 e. The molecule has 0 amide bonds. The number of hydrogen-bond donors (Lipinski definition) is 1. The highest BCUT2D eigenvalue weighted by atomic mass is 16.5. The van der Waals surface area contributed by atoms with E-state index < -0.39 is 0 Å². The molecule has 0 aliphatic carbocycles. The fraction of sp³-hybridized carbons (Fsp3) is 0.667. The monoisotopic (exact) mass is 292 g/mol. The average Bonchev–Trinajstić information content (AvgIpc) is 2.51. The normalized spacial score (nSPS) is 12.8. The van der Waals surface area contributed by atoms with E-state index in [1.165, 1.54) is 11.1 Å². The van der Waals surface area contributed by atoms with Gasteiger partial charge in [0.15, 0.2) is 0 Å². The lowest BCUT2D eigenvalue weighted by molar-refractivity contribution is 0.111. The highest BCUT2D eigenvalue weighted by molar-refractivity contribution is 5.24. The van der Waals surface area contributed by atoms with E-state index in [4.69, 9.17) is 4.74 Å². The van der Waals surface area contributed by atoms with Crippen molar-refractivity contribution in [2.24, 2.45) is 0 Å². The van der Waals surface area contributed by atoms with Crippen LogP contribution in [0.3, 0.4) is 0 Å². The predicted molar refractivity (Wildman–Crippen MR) is 90.8 cm³/mol. The van der Waals surface area contributed by atoms with Crippen LogP contribution in [0.15, 0.2) is 24.3 Å². The summed E-state index contributed by atoms with van der Waals surface area (Å²) < 4.78 is 5.49. The number of rotatable bonds is 11. The quantitative estimate of drug-likeness (QED) is 0.633. The first-order valence-corrected chi connectivity index (χ1v) is 8.31. The van der Waals surface area contributed by atoms with Gasteiger partial charge in [-0.25, -0.2) is 0 Å². The Bertz CT molecular complexity index is 364. The Morgan fingerprint density at radius 1 is 1.14 bits per heavy atom. The summed E-state index contributed by atoms with van der Waals surface area (Å²) in [6.45, 7) is 14.4. The molecule has 0 saturated carbocycles. The first-order chi connectivity index (χ1) is 10.2. The smallest absolute Gasteiger partial charge is 0.0593 e. The molecule has 1 aromatic rings. The van der Waals surface area contributed by atoms with Crippen molar-refractivity contribution in [2.45, 2.75) is 40.2 Å². The van der Waals surface area contributed by atoms with Crippen molar-refractivity contribution in [2.75, 3.05) is 39.4 Å². The van der Waals surface area contributed by atoms with Crippen LogP contribution in [0.4, 0.5) is 0 Å². The summed E-state index contributed by atoms with van der Waals surface area (Å²) in [5, 5.41) is 3.68. The average molecular weight is 292 g/mol. The number of benzene rings is 1. The van der Waals surface area contributed by atoms with Crippen molar-refractivity contribution in [3.8, 4) is 0 Å². The van der Waals surface area contributed by atoms with E-state index in [0.29, 0.717) is 6.04 Å². The van der Waals surface area contributed by atoms with Crippen LogP contribution in [-0.4, -0.2) is 44.3 Å². The minimum absolute atomic E-state index is 0.395. The fourth-order valence-corrected chi connectivity index (χ4v) is 2.38. The molecule has 21 heavy (non-hydrogen) atoms. The van der Waals surface area contributed by atoms with Gasteiger partial charge in [0.25, 0.3) is 0 Å². The summed E-state index contributed by atoms with van der Waals surface area (Å²) in [6, 6.07) is 9.30. The number of aryl methyl sites for hydroxylation is 1. The lowest BCUT2D eigenvalue weighted by Crippen LogP contribution is -2.37. The maximum atomic E-state index is 5.49. The van der Waals surface area contributed by atoms with E-state index in [9.17, 15) is 0 Å². The molecule has 1 aromatic carbocycles. The van der Waals surface area contributed by atoms with Crippen LogP contribution in [0.25, 0.3) is 0 Å². The highest BCUT2D eigenvalue weighted by Gasteiger charge is 2.14. The maximum absolute atomic E-state index is 5.49. The minimum atomic E-state index is 0.395. The second-order valence-corrected chi connectivity index (χ2v) is 5.51. The second kappa shape index (κ2) is 10.8. The van der Waals surface area contributed by atoms with Gasteiger partial charge in [-0.3, -0.25) is 4.90 Å². The molecule has 0 fully saturated rings. The van der Waals surface area contributed by atoms with Gasteiger partial charge in [-0.2, -0.15) is 0 Å². The number of hydrogen-bond acceptors (Lipinski definition) is 3. The topological polar surface area (TPSA) is 24.5 Å². The molecule has 1 unspecified atom stereocenters. The fourth-order valence-electron chi connectivity index (χ4n) is 2.38. The van der Waals surface area contributed by atoms with Gasteiger partial charge in [0.05, 0.1) is 6.61 Å². The van der Waals surface area contributed by atoms with Crippen LogP contribution in [0.5, 0.6) is 0 Å². The van der Waals surface area contributed by atoms with Gasteiger partial charge in [-0.1, -0.05) is 43.7 Å². The van der Waals surface area contributed by atoms with Crippen LogP contribution < -0.4 is 5.32 Å². The third kappa shape index (κ3) is 7.07. The zero-order valence-electron chi connectivity index (χ0n) is 14.2. The summed E-state index contributed by atoms with van der Waals surface area (Å²) in [5.41, 5.74) is 2.69. The number of nitrogens with one attached hydrogen (secondary N) is 1. The predicted octanol–water partition coefficient (Wildman–Crippen LogP) is 3.39. The van der Waals surface area contributed by atoms with Crippen molar-refractivity contribution in [1.29, 1.82) is 0 Å². The molecule has 1 N–H and O–H groups in total. The Kier molecular flexibility index (Phi) is 9.31. The van der Waals surface area contributed by atoms with Crippen molar-refractivity contribution in [1.82, 2.24) is 10.2 Å². The molecule has 0 saturated heterocycles. The van der Waals surface area contributed by atoms with Gasteiger partial charge in [0.2, 0.25) is 0 Å². The SMILES string of the molecule is CCCNC(CN(CC)CCOCC)c1ccc(C)cc1. The second-order valence-electron chi connectivity index (χ2n) is 5.51. The molecule has 0 heterocycles. The summed E-state index contributed by atoms with van der Waals surface area (Å²) >= 11 is 0. The van der Waals surface area contributed by atoms with Gasteiger partial charge in [0, 0.05) is 25.7 Å². The van der Waals surface area contributed by atoms with Gasteiger partial charge in [-0.05, 0) is 38.9 Å². The van der Waals surface area contributed by atoms with Gasteiger partial charge < -0.3 is 10.1 Å². The molecule has 120 valence electrons. The lowest BCUT2D eigenvalue weighted by atomic mass is 10.0. The van der Waals surface area contributed by atoms with Crippen molar-refractivity contribution < 1.29 is 4.74 Å². The highest BCUT2D eigenvalue weighted by Crippen LogP contribution is 2.15. The van der Waals surface area contributed by atoms with E-state index in [0.717, 1.165) is 45.8 Å². The zero-order chi connectivity index (χ0) is 15.5. The Morgan fingerprint density at radius 3 is 2.43 bits per heavy atom. The van der Waals surface area contributed by atoms with Gasteiger partial charge in [-0.15, -0.1) is 0 Å². The Balaban J connectivity index is 2.64. The van der Waals surface area contributed by atoms with E-state index in [1.807, 2.05) is 6.92 Å². The van der Waals surface area contributed by atoms with E-state index in [1.54, 1.807) is 0 Å². The maximum Gasteiger partial charge on any atom is 0.0593 e. The third-order valence-corrected chi connectivity index (χ3v) is 3.76. The van der Waals surface area contributed by atoms with E-state index >= 15 is 0 Å². The molecule has 3 nitrogen and oxygen atoms in total. The first kappa shape index (κ1) is 18.1. The molecule has 0 aliphatic heterocycles. The number of nitrogens with zero attached hydrogens (tertiary/aromatic N) is 1. The molecule has 1 atom stereocenters. The molecule has 0 spiro atoms. The lowest BCUT2D eigenvalue weighted by Gasteiger charge is -2.27. The van der Waals surface area contributed by atoms with E-state index in [2.05, 4.69) is 55.3 Å². The van der Waals surface area contributed by atoms with Gasteiger partial charge >= 0.3 is 0 Å². The third-order valence-electron chi connectivity index (χ3n) is 3.76. The molecular formula is C18H32N2O. The Morgan fingerprint density at radius 2 is 1.86 bits per heavy atom. The van der Waals surface area contributed by atoms with Crippen molar-refractivity contribution in [3.05, 3.63) is 35.4 Å². The van der Waals surface area contributed by atoms with Crippen molar-refractivity contribution >= 4 is 0 Å². The van der Waals surface area contributed by atoms with E-state index in [-0.39, 0.29) is 0 Å². The molecule has 1 rings (SSSR count). The molecular weight excluding hydrogens is 260 g/mol. The standard InChI is InChI=1S/C18H32N2O/c1-5-12-19-18(17-10-8-16(4)9-11-17)15-20(6-2)13-14-21-7-3/h8-11,18-19H,5-7,12-15H2,1-4H3. The van der Waals surface area contributed by atoms with Crippen molar-refractivity contribution in [3.63, 3.8) is 0 Å². The molecule has 0 radical (unpaired) electrons. The first-order valence-electron chi connectivity index (χ1n) is 8.31. The molecule has 0 aliphatic rings. The van der Waals surface area contributed by atoms with Crippen LogP contribution in [0.2, 0.25) is 0 Å². The molecule has 0 bridgehead atoms. The van der Waals surface area contributed by atoms with Crippen LogP contribution in [0.1, 0.15) is 44.4 Å². The zero-order valence-corrected chi connectivity index (χ0v) is 14.2. The van der Waals surface area contributed by atoms with Crippen LogP contribution >= 0.6 is 0 Å². The minimum Gasteiger partial charge on any atom is -0.380 e. The molecule has 0 aromatic heterocycles. The van der Waals surface area contributed by atoms with Crippen LogP contribution in [0, 0.1) is 6.92 Å².